The van der Waals surface area contributed by atoms with Gasteiger partial charge in [-0.15, -0.1) is 0 Å². The zero-order valence-electron chi connectivity index (χ0n) is 9.41. The molecule has 0 amide bonds. The Balaban J connectivity index is 2.18. The summed E-state index contributed by atoms with van der Waals surface area (Å²) in [5.74, 6) is -3.04. The van der Waals surface area contributed by atoms with Crippen LogP contribution in [0.1, 0.15) is 21.1 Å². The van der Waals surface area contributed by atoms with Crippen molar-refractivity contribution >= 4 is 11.9 Å². The van der Waals surface area contributed by atoms with E-state index in [9.17, 15) is 14.0 Å². The van der Waals surface area contributed by atoms with Gasteiger partial charge in [-0.1, -0.05) is 0 Å². The molecule has 1 heterocycles. The van der Waals surface area contributed by atoms with Crippen LogP contribution in [0.25, 0.3) is 0 Å². The van der Waals surface area contributed by atoms with Crippen molar-refractivity contribution in [3.8, 4) is 5.75 Å². The first kappa shape index (κ1) is 12.6. The molecule has 6 nitrogen and oxygen atoms in total. The second-order valence-electron chi connectivity index (χ2n) is 3.41. The van der Waals surface area contributed by atoms with Crippen LogP contribution in [0.2, 0.25) is 0 Å². The van der Waals surface area contributed by atoms with Crippen molar-refractivity contribution in [3.05, 3.63) is 53.9 Å². The van der Waals surface area contributed by atoms with Gasteiger partial charge in [0.1, 0.15) is 11.6 Å². The lowest BCUT2D eigenvalue weighted by molar-refractivity contribution is 0.0682. The summed E-state index contributed by atoms with van der Waals surface area (Å²) in [4.78, 5) is 29.3. The number of carbonyl (C=O) groups is 2. The highest BCUT2D eigenvalue weighted by atomic mass is 19.1. The van der Waals surface area contributed by atoms with E-state index >= 15 is 0 Å². The predicted molar refractivity (Wildman–Crippen MR) is 60.3 cm³/mol. The number of benzene rings is 1. The van der Waals surface area contributed by atoms with Gasteiger partial charge in [-0.25, -0.2) is 23.9 Å². The summed E-state index contributed by atoms with van der Waals surface area (Å²) >= 11 is 0. The van der Waals surface area contributed by atoms with Crippen LogP contribution in [0.15, 0.2) is 36.5 Å². The largest absolute Gasteiger partial charge is 0.475 e. The minimum Gasteiger partial charge on any atom is -0.475 e. The van der Waals surface area contributed by atoms with Crippen LogP contribution in [0.3, 0.4) is 0 Å². The number of ether oxygens (including phenoxy) is 1. The van der Waals surface area contributed by atoms with Crippen molar-refractivity contribution in [2.24, 2.45) is 0 Å². The third-order valence-electron chi connectivity index (χ3n) is 2.08. The summed E-state index contributed by atoms with van der Waals surface area (Å²) in [5, 5.41) is 8.69. The molecule has 0 aliphatic carbocycles. The van der Waals surface area contributed by atoms with Gasteiger partial charge in [0.25, 0.3) is 0 Å². The Hall–Kier alpha value is -2.83. The van der Waals surface area contributed by atoms with E-state index in [0.29, 0.717) is 0 Å². The van der Waals surface area contributed by atoms with Gasteiger partial charge in [-0.05, 0) is 30.3 Å². The van der Waals surface area contributed by atoms with Gasteiger partial charge in [0.2, 0.25) is 5.82 Å². The van der Waals surface area contributed by atoms with Crippen LogP contribution in [-0.4, -0.2) is 27.0 Å². The maximum atomic E-state index is 12.7. The number of carbonyl (C=O) groups excluding carboxylic acids is 1. The topological polar surface area (TPSA) is 89.4 Å². The van der Waals surface area contributed by atoms with Crippen LogP contribution in [0.5, 0.6) is 5.75 Å². The van der Waals surface area contributed by atoms with Crippen molar-refractivity contribution in [1.82, 2.24) is 9.97 Å². The highest BCUT2D eigenvalue weighted by Gasteiger charge is 2.14. The van der Waals surface area contributed by atoms with Gasteiger partial charge >= 0.3 is 11.9 Å². The highest BCUT2D eigenvalue weighted by Crippen LogP contribution is 2.12. The quantitative estimate of drug-likeness (QED) is 0.666. The van der Waals surface area contributed by atoms with E-state index in [1.54, 1.807) is 0 Å². The summed E-state index contributed by atoms with van der Waals surface area (Å²) in [6.45, 7) is 0. The number of nitrogens with zero attached hydrogens (tertiary/aromatic N) is 2. The zero-order chi connectivity index (χ0) is 13.8. The first-order chi connectivity index (χ1) is 9.06. The van der Waals surface area contributed by atoms with Crippen LogP contribution in [0.4, 0.5) is 4.39 Å². The van der Waals surface area contributed by atoms with Crippen molar-refractivity contribution < 1.29 is 23.8 Å². The molecule has 0 aliphatic rings. The second kappa shape index (κ2) is 5.21. The van der Waals surface area contributed by atoms with Crippen LogP contribution in [0, 0.1) is 5.82 Å². The van der Waals surface area contributed by atoms with Crippen molar-refractivity contribution in [2.45, 2.75) is 0 Å². The fourth-order valence-electron chi connectivity index (χ4n) is 1.24. The Morgan fingerprint density at radius 1 is 1.16 bits per heavy atom. The molecule has 19 heavy (non-hydrogen) atoms. The average Bonchev–Trinajstić information content (AvgIpc) is 2.41. The van der Waals surface area contributed by atoms with Gasteiger partial charge in [-0.3, -0.25) is 0 Å². The third-order valence-corrected chi connectivity index (χ3v) is 2.08. The Morgan fingerprint density at radius 3 is 2.47 bits per heavy atom. The SMILES string of the molecule is O=C(Oc1ccc(F)cc1)c1ccnc(C(=O)O)n1. The van der Waals surface area contributed by atoms with Gasteiger partial charge in [-0.2, -0.15) is 0 Å². The van der Waals surface area contributed by atoms with Crippen LogP contribution >= 0.6 is 0 Å². The number of carboxylic acid groups (broad SMARTS) is 1. The number of halogens is 1. The van der Waals surface area contributed by atoms with E-state index in [1.165, 1.54) is 18.2 Å². The molecule has 1 aromatic carbocycles. The molecule has 0 radical (unpaired) electrons. The molecular formula is C12H7FN2O4. The van der Waals surface area contributed by atoms with Gasteiger partial charge < -0.3 is 9.84 Å². The number of hydrogen-bond acceptors (Lipinski definition) is 5. The zero-order valence-corrected chi connectivity index (χ0v) is 9.41. The van der Waals surface area contributed by atoms with Crippen LogP contribution < -0.4 is 4.74 Å². The summed E-state index contributed by atoms with van der Waals surface area (Å²) in [5.41, 5.74) is -0.197. The van der Waals surface area contributed by atoms with E-state index in [-0.39, 0.29) is 11.4 Å². The number of rotatable bonds is 3. The number of carboxylic acids is 1. The first-order valence-corrected chi connectivity index (χ1v) is 5.10. The molecular weight excluding hydrogens is 255 g/mol. The number of hydrogen-bond donors (Lipinski definition) is 1. The second-order valence-corrected chi connectivity index (χ2v) is 3.41. The molecule has 0 fully saturated rings. The maximum absolute atomic E-state index is 12.7. The molecule has 2 rings (SSSR count). The number of esters is 1. The molecule has 0 bridgehead atoms. The highest BCUT2D eigenvalue weighted by molar-refractivity contribution is 5.90. The number of aromatic nitrogens is 2. The Morgan fingerprint density at radius 2 is 1.84 bits per heavy atom. The molecule has 0 saturated carbocycles. The van der Waals surface area contributed by atoms with E-state index in [0.717, 1.165) is 18.3 Å². The van der Waals surface area contributed by atoms with E-state index in [4.69, 9.17) is 9.84 Å². The summed E-state index contributed by atoms with van der Waals surface area (Å²) in [6.07, 6.45) is 1.14. The normalized spacial score (nSPS) is 9.95. The lowest BCUT2D eigenvalue weighted by Crippen LogP contribution is -2.14. The standard InChI is InChI=1S/C12H7FN2O4/c13-7-1-3-8(4-2-7)19-12(18)9-5-6-14-10(15-9)11(16)17/h1-6H,(H,16,17). The lowest BCUT2D eigenvalue weighted by Gasteiger charge is -2.03. The molecule has 0 unspecified atom stereocenters. The smallest absolute Gasteiger partial charge is 0.373 e. The first-order valence-electron chi connectivity index (χ1n) is 5.10. The van der Waals surface area contributed by atoms with Gasteiger partial charge in [0.15, 0.2) is 5.69 Å². The lowest BCUT2D eigenvalue weighted by atomic mass is 10.3. The van der Waals surface area contributed by atoms with Gasteiger partial charge in [0.05, 0.1) is 0 Å². The van der Waals surface area contributed by atoms with Crippen LogP contribution in [-0.2, 0) is 0 Å². The fourth-order valence-corrected chi connectivity index (χ4v) is 1.24. The summed E-state index contributed by atoms with van der Waals surface area (Å²) < 4.78 is 17.6. The average molecular weight is 262 g/mol. The molecule has 0 spiro atoms. The Bertz CT molecular complexity index is 628. The summed E-state index contributed by atoms with van der Waals surface area (Å²) in [6, 6.07) is 6.02. The third kappa shape index (κ3) is 3.09. The fraction of sp³-hybridized carbons (Fsp3) is 0. The molecule has 0 saturated heterocycles. The molecule has 1 aromatic heterocycles. The summed E-state index contributed by atoms with van der Waals surface area (Å²) in [7, 11) is 0. The number of aromatic carboxylic acids is 1. The van der Waals surface area contributed by atoms with E-state index in [1.807, 2.05) is 0 Å². The van der Waals surface area contributed by atoms with Gasteiger partial charge in [0, 0.05) is 6.20 Å². The minimum absolute atomic E-state index is 0.127. The monoisotopic (exact) mass is 262 g/mol. The van der Waals surface area contributed by atoms with Crippen molar-refractivity contribution in [1.29, 1.82) is 0 Å². The molecule has 0 aliphatic heterocycles. The van der Waals surface area contributed by atoms with Crippen molar-refractivity contribution in [3.63, 3.8) is 0 Å². The molecule has 0 atom stereocenters. The Kier molecular flexibility index (Phi) is 3.46. The van der Waals surface area contributed by atoms with E-state index < -0.39 is 23.6 Å². The molecule has 7 heteroatoms. The van der Waals surface area contributed by atoms with E-state index in [2.05, 4.69) is 9.97 Å². The molecule has 2 aromatic rings. The van der Waals surface area contributed by atoms with Crippen molar-refractivity contribution in [2.75, 3.05) is 0 Å². The molecule has 96 valence electrons. The minimum atomic E-state index is -1.35. The predicted octanol–water partition coefficient (Wildman–Crippen LogP) is 1.53. The maximum Gasteiger partial charge on any atom is 0.373 e. The Labute approximate surface area is 106 Å². The molecule has 1 N–H and O–H groups in total.